The number of amides is 2. The number of rotatable bonds is 2. The van der Waals surface area contributed by atoms with Gasteiger partial charge in [-0.2, -0.15) is 0 Å². The topological polar surface area (TPSA) is 53.8 Å². The third-order valence-corrected chi connectivity index (χ3v) is 5.29. The number of likely N-dealkylation sites (tertiary alicyclic amines) is 1. The van der Waals surface area contributed by atoms with Crippen molar-refractivity contribution in [2.45, 2.75) is 19.8 Å². The van der Waals surface area contributed by atoms with Crippen LogP contribution in [0.2, 0.25) is 0 Å². The summed E-state index contributed by atoms with van der Waals surface area (Å²) in [7, 11) is 0. The van der Waals surface area contributed by atoms with E-state index in [0.29, 0.717) is 19.0 Å². The predicted octanol–water partition coefficient (Wildman–Crippen LogP) is 1.75. The van der Waals surface area contributed by atoms with E-state index in [4.69, 9.17) is 4.42 Å². The minimum absolute atomic E-state index is 0.0265. The highest BCUT2D eigenvalue weighted by Gasteiger charge is 2.49. The van der Waals surface area contributed by atoms with E-state index in [1.165, 1.54) is 0 Å². The van der Waals surface area contributed by atoms with E-state index < -0.39 is 0 Å². The summed E-state index contributed by atoms with van der Waals surface area (Å²) in [5.74, 6) is 1.54. The van der Waals surface area contributed by atoms with Gasteiger partial charge in [-0.1, -0.05) is 6.92 Å². The monoisotopic (exact) mass is 288 g/mol. The van der Waals surface area contributed by atoms with Gasteiger partial charge in [0.1, 0.15) is 6.26 Å². The van der Waals surface area contributed by atoms with Crippen LogP contribution in [-0.2, 0) is 9.59 Å². The predicted molar refractivity (Wildman–Crippen MR) is 76.5 cm³/mol. The maximum atomic E-state index is 12.5. The molecule has 3 aliphatic rings. The van der Waals surface area contributed by atoms with Crippen LogP contribution in [0.4, 0.5) is 5.69 Å². The number of hydrogen-bond donors (Lipinski definition) is 0. The molecule has 1 aliphatic carbocycles. The second-order valence-corrected chi connectivity index (χ2v) is 6.81. The number of anilines is 1. The van der Waals surface area contributed by atoms with Gasteiger partial charge in [0.05, 0.1) is 17.9 Å². The van der Waals surface area contributed by atoms with Crippen molar-refractivity contribution in [2.75, 3.05) is 24.5 Å². The summed E-state index contributed by atoms with van der Waals surface area (Å²) in [6.45, 7) is 4.22. The quantitative estimate of drug-likeness (QED) is 0.833. The summed E-state index contributed by atoms with van der Waals surface area (Å²) in [6, 6.07) is 1.82. The summed E-state index contributed by atoms with van der Waals surface area (Å²) >= 11 is 0. The molecule has 0 radical (unpaired) electrons. The molecule has 112 valence electrons. The maximum absolute atomic E-state index is 12.5. The maximum Gasteiger partial charge on any atom is 0.232 e. The Morgan fingerprint density at radius 3 is 2.71 bits per heavy atom. The van der Waals surface area contributed by atoms with Gasteiger partial charge in [-0.05, 0) is 18.8 Å². The minimum atomic E-state index is -0.0265. The van der Waals surface area contributed by atoms with Crippen LogP contribution < -0.4 is 4.90 Å². The first-order chi connectivity index (χ1) is 10.1. The lowest BCUT2D eigenvalue weighted by Crippen LogP contribution is -2.42. The Morgan fingerprint density at radius 1 is 1.29 bits per heavy atom. The molecule has 0 unspecified atom stereocenters. The van der Waals surface area contributed by atoms with Crippen LogP contribution in [0.5, 0.6) is 0 Å². The number of hydrogen-bond acceptors (Lipinski definition) is 3. The first kappa shape index (κ1) is 12.9. The van der Waals surface area contributed by atoms with Crippen molar-refractivity contribution in [1.29, 1.82) is 0 Å². The second-order valence-electron chi connectivity index (χ2n) is 6.81. The van der Waals surface area contributed by atoms with Crippen molar-refractivity contribution in [2.24, 2.45) is 23.7 Å². The third kappa shape index (κ3) is 1.98. The highest BCUT2D eigenvalue weighted by Crippen LogP contribution is 2.39. The fourth-order valence-corrected chi connectivity index (χ4v) is 4.05. The van der Waals surface area contributed by atoms with Gasteiger partial charge in [-0.15, -0.1) is 0 Å². The third-order valence-electron chi connectivity index (χ3n) is 5.29. The number of nitrogens with zero attached hydrogens (tertiary/aromatic N) is 2. The number of carbonyl (C=O) groups excluding carboxylic acids is 2. The SMILES string of the molecule is CC1CC(C(=O)N2C[C@H]3CN(c4ccoc4)C(=O)[C@H]3C2)C1. The van der Waals surface area contributed by atoms with Crippen molar-refractivity contribution in [3.8, 4) is 0 Å². The lowest BCUT2D eigenvalue weighted by atomic mass is 9.75. The molecule has 4 rings (SSSR count). The molecule has 21 heavy (non-hydrogen) atoms. The van der Waals surface area contributed by atoms with E-state index in [-0.39, 0.29) is 29.6 Å². The molecule has 2 amide bonds. The number of carbonyl (C=O) groups is 2. The Labute approximate surface area is 123 Å². The Balaban J connectivity index is 1.42. The van der Waals surface area contributed by atoms with Crippen LogP contribution in [0.3, 0.4) is 0 Å². The molecule has 0 aromatic carbocycles. The first-order valence-corrected chi connectivity index (χ1v) is 7.76. The molecule has 2 saturated heterocycles. The zero-order valence-corrected chi connectivity index (χ0v) is 12.2. The summed E-state index contributed by atoms with van der Waals surface area (Å²) in [5.41, 5.74) is 0.833. The van der Waals surface area contributed by atoms with Gasteiger partial charge in [0.2, 0.25) is 11.8 Å². The van der Waals surface area contributed by atoms with E-state index in [1.54, 1.807) is 17.4 Å². The normalized spacial score (nSPS) is 35.0. The van der Waals surface area contributed by atoms with E-state index in [1.807, 2.05) is 11.0 Å². The van der Waals surface area contributed by atoms with Gasteiger partial charge >= 0.3 is 0 Å². The molecule has 1 saturated carbocycles. The van der Waals surface area contributed by atoms with Gasteiger partial charge in [0.15, 0.2) is 0 Å². The van der Waals surface area contributed by atoms with Crippen LogP contribution in [0, 0.1) is 23.7 Å². The van der Waals surface area contributed by atoms with Crippen LogP contribution in [0.15, 0.2) is 23.0 Å². The molecule has 5 heteroatoms. The van der Waals surface area contributed by atoms with Gasteiger partial charge < -0.3 is 14.2 Å². The molecule has 0 spiro atoms. The number of furan rings is 1. The average molecular weight is 288 g/mol. The van der Waals surface area contributed by atoms with Gasteiger partial charge in [-0.25, -0.2) is 0 Å². The zero-order valence-electron chi connectivity index (χ0n) is 12.2. The van der Waals surface area contributed by atoms with Crippen molar-refractivity contribution < 1.29 is 14.0 Å². The zero-order chi connectivity index (χ0) is 14.6. The molecule has 1 aromatic rings. The molecule has 0 bridgehead atoms. The summed E-state index contributed by atoms with van der Waals surface area (Å²) < 4.78 is 5.06. The summed E-state index contributed by atoms with van der Waals surface area (Å²) in [6.07, 6.45) is 5.22. The second kappa shape index (κ2) is 4.61. The Morgan fingerprint density at radius 2 is 2.10 bits per heavy atom. The molecule has 1 aromatic heterocycles. The molecule has 5 nitrogen and oxygen atoms in total. The Bertz CT molecular complexity index is 562. The van der Waals surface area contributed by atoms with Gasteiger partial charge in [-0.3, -0.25) is 9.59 Å². The fraction of sp³-hybridized carbons (Fsp3) is 0.625. The van der Waals surface area contributed by atoms with Gasteiger partial charge in [0, 0.05) is 37.5 Å². The minimum Gasteiger partial charge on any atom is -0.470 e. The van der Waals surface area contributed by atoms with E-state index in [0.717, 1.165) is 25.1 Å². The lowest BCUT2D eigenvalue weighted by molar-refractivity contribution is -0.139. The highest BCUT2D eigenvalue weighted by atomic mass is 16.3. The molecule has 3 heterocycles. The number of fused-ring (bicyclic) bond motifs is 1. The van der Waals surface area contributed by atoms with Gasteiger partial charge in [0.25, 0.3) is 0 Å². The van der Waals surface area contributed by atoms with Crippen LogP contribution >= 0.6 is 0 Å². The molecule has 0 N–H and O–H groups in total. The van der Waals surface area contributed by atoms with Crippen molar-refractivity contribution in [3.63, 3.8) is 0 Å². The van der Waals surface area contributed by atoms with E-state index >= 15 is 0 Å². The largest absolute Gasteiger partial charge is 0.470 e. The standard InChI is InChI=1S/C16H20N2O3/c1-10-4-11(5-10)15(19)17-6-12-7-18(13-2-3-21-9-13)16(20)14(12)8-17/h2-3,9-12,14H,4-8H2,1H3/t10?,11?,12-,14-/m0/s1. The van der Waals surface area contributed by atoms with E-state index in [9.17, 15) is 9.59 Å². The van der Waals surface area contributed by atoms with Crippen molar-refractivity contribution >= 4 is 17.5 Å². The Hall–Kier alpha value is -1.78. The van der Waals surface area contributed by atoms with Crippen LogP contribution in [0.1, 0.15) is 19.8 Å². The fourth-order valence-electron chi connectivity index (χ4n) is 4.05. The first-order valence-electron chi connectivity index (χ1n) is 7.76. The van der Waals surface area contributed by atoms with Crippen LogP contribution in [-0.4, -0.2) is 36.3 Å². The lowest BCUT2D eigenvalue weighted by Gasteiger charge is -2.34. The average Bonchev–Trinajstić information content (AvgIpc) is 3.12. The molecular formula is C16H20N2O3. The van der Waals surface area contributed by atoms with Crippen molar-refractivity contribution in [3.05, 3.63) is 18.6 Å². The summed E-state index contributed by atoms with van der Waals surface area (Å²) in [4.78, 5) is 28.6. The molecule has 2 atom stereocenters. The summed E-state index contributed by atoms with van der Waals surface area (Å²) in [5, 5.41) is 0. The molecule has 2 aliphatic heterocycles. The molecular weight excluding hydrogens is 268 g/mol. The van der Waals surface area contributed by atoms with Crippen LogP contribution in [0.25, 0.3) is 0 Å². The molecule has 3 fully saturated rings. The van der Waals surface area contributed by atoms with Crippen molar-refractivity contribution in [1.82, 2.24) is 4.90 Å². The smallest absolute Gasteiger partial charge is 0.232 e. The highest BCUT2D eigenvalue weighted by molar-refractivity contribution is 5.98. The van der Waals surface area contributed by atoms with E-state index in [2.05, 4.69) is 6.92 Å². The Kier molecular flexibility index (Phi) is 2.84.